The Balaban J connectivity index is 1.47. The summed E-state index contributed by atoms with van der Waals surface area (Å²) >= 11 is 0. The van der Waals surface area contributed by atoms with Gasteiger partial charge in [0, 0.05) is 6.42 Å². The van der Waals surface area contributed by atoms with E-state index in [-0.39, 0.29) is 18.9 Å². The van der Waals surface area contributed by atoms with Crippen molar-refractivity contribution >= 4 is 5.91 Å². The maximum absolute atomic E-state index is 13.1. The van der Waals surface area contributed by atoms with Gasteiger partial charge in [-0.15, -0.1) is 0 Å². The molecule has 17 atom stereocenters. The number of rotatable bonds is 42. The van der Waals surface area contributed by atoms with Crippen LogP contribution in [0.5, 0.6) is 0 Å². The van der Waals surface area contributed by atoms with Crippen molar-refractivity contribution < 1.29 is 89.4 Å². The highest BCUT2D eigenvalue weighted by atomic mass is 16.8. The van der Waals surface area contributed by atoms with Crippen molar-refractivity contribution in [3.05, 3.63) is 36.5 Å². The lowest BCUT2D eigenvalue weighted by molar-refractivity contribution is -0.379. The van der Waals surface area contributed by atoms with Crippen molar-refractivity contribution in [2.45, 2.75) is 291 Å². The van der Waals surface area contributed by atoms with Gasteiger partial charge in [0.2, 0.25) is 5.91 Å². The third kappa shape index (κ3) is 25.2. The molecule has 3 heterocycles. The van der Waals surface area contributed by atoms with Crippen molar-refractivity contribution in [3.8, 4) is 0 Å². The van der Waals surface area contributed by atoms with Gasteiger partial charge in [0.15, 0.2) is 18.9 Å². The highest BCUT2D eigenvalue weighted by Crippen LogP contribution is 2.33. The van der Waals surface area contributed by atoms with E-state index in [1.165, 1.54) is 96.3 Å². The molecule has 0 aromatic carbocycles. The summed E-state index contributed by atoms with van der Waals surface area (Å²) in [6.07, 6.45) is 16.1. The number of ether oxygens (including phenoxy) is 6. The summed E-state index contributed by atoms with van der Waals surface area (Å²) in [7, 11) is 0. The Hall–Kier alpha value is -1.99. The monoisotopic (exact) mass is 1090 g/mol. The molecule has 19 nitrogen and oxygen atoms in total. The molecule has 17 unspecified atom stereocenters. The molecule has 3 fully saturated rings. The average molecular weight is 1090 g/mol. The zero-order valence-corrected chi connectivity index (χ0v) is 46.0. The smallest absolute Gasteiger partial charge is 0.220 e. The Morgan fingerprint density at radius 3 is 1.32 bits per heavy atom. The summed E-state index contributed by atoms with van der Waals surface area (Å²) in [6, 6.07) is -0.990. The van der Waals surface area contributed by atoms with Gasteiger partial charge in [0.25, 0.3) is 0 Å². The molecule has 76 heavy (non-hydrogen) atoms. The molecule has 0 bridgehead atoms. The molecule has 0 saturated carbocycles. The average Bonchev–Trinajstić information content (AvgIpc) is 3.41. The molecular formula is C57H103NO18. The second kappa shape index (κ2) is 41.1. The van der Waals surface area contributed by atoms with Crippen LogP contribution < -0.4 is 5.32 Å². The zero-order valence-electron chi connectivity index (χ0n) is 46.0. The number of hydrogen-bond donors (Lipinski definition) is 12. The Morgan fingerprint density at radius 1 is 0.461 bits per heavy atom. The standard InChI is InChI=1S/C57H103NO18/c1-3-5-7-9-11-12-13-14-15-16-17-18-19-20-21-22-23-24-25-26-27-29-30-32-34-41(62)40(58-45(63)35-33-31-28-10-8-6-4-2)39-71-55-51(69)48(66)53(43(37-60)73-55)76-57-52(70)49(67)54(44(38-61)74-57)75-56-50(68)47(65)46(64)42(36-59)72-56/h22-23,26-27,32,34,40-44,46-57,59-62,64-70H,3-21,24-25,28-31,33,35-39H2,1-2H3,(H,58,63)/b23-22+,27-26+,34-32+. The van der Waals surface area contributed by atoms with E-state index in [0.717, 1.165) is 57.8 Å². The molecule has 0 spiro atoms. The quantitative estimate of drug-likeness (QED) is 0.0295. The first-order valence-electron chi connectivity index (χ1n) is 29.2. The highest BCUT2D eigenvalue weighted by Gasteiger charge is 2.53. The first-order chi connectivity index (χ1) is 36.8. The molecule has 3 saturated heterocycles. The van der Waals surface area contributed by atoms with Gasteiger partial charge in [-0.05, 0) is 44.9 Å². The van der Waals surface area contributed by atoms with Crippen LogP contribution in [-0.4, -0.2) is 193 Å². The Morgan fingerprint density at radius 2 is 0.842 bits per heavy atom. The van der Waals surface area contributed by atoms with Crippen LogP contribution in [0.4, 0.5) is 0 Å². The van der Waals surface area contributed by atoms with Gasteiger partial charge >= 0.3 is 0 Å². The van der Waals surface area contributed by atoms with E-state index < -0.39 is 124 Å². The van der Waals surface area contributed by atoms with Crippen LogP contribution in [-0.2, 0) is 33.2 Å². The summed E-state index contributed by atoms with van der Waals surface area (Å²) in [5, 5.41) is 120. The molecule has 3 aliphatic heterocycles. The number of carbonyl (C=O) groups is 1. The number of allylic oxidation sites excluding steroid dienone is 5. The van der Waals surface area contributed by atoms with Crippen LogP contribution in [0.1, 0.15) is 187 Å². The van der Waals surface area contributed by atoms with Gasteiger partial charge in [-0.2, -0.15) is 0 Å². The number of hydrogen-bond acceptors (Lipinski definition) is 18. The summed E-state index contributed by atoms with van der Waals surface area (Å²) in [4.78, 5) is 13.1. The second-order valence-electron chi connectivity index (χ2n) is 21.1. The van der Waals surface area contributed by atoms with Gasteiger partial charge in [-0.1, -0.05) is 172 Å². The number of unbranched alkanes of at least 4 members (excludes halogenated alkanes) is 22. The number of nitrogens with one attached hydrogen (secondary N) is 1. The fourth-order valence-electron chi connectivity index (χ4n) is 9.81. The van der Waals surface area contributed by atoms with Crippen LogP contribution >= 0.6 is 0 Å². The summed E-state index contributed by atoms with van der Waals surface area (Å²) in [5.74, 6) is -0.298. The minimum atomic E-state index is -1.98. The van der Waals surface area contributed by atoms with Crippen LogP contribution in [0, 0.1) is 0 Å². The molecule has 3 rings (SSSR count). The lowest BCUT2D eigenvalue weighted by Crippen LogP contribution is -2.66. The van der Waals surface area contributed by atoms with Crippen LogP contribution in [0.3, 0.4) is 0 Å². The molecule has 19 heteroatoms. The predicted molar refractivity (Wildman–Crippen MR) is 286 cm³/mol. The van der Waals surface area contributed by atoms with E-state index in [9.17, 15) is 61.0 Å². The van der Waals surface area contributed by atoms with Crippen molar-refractivity contribution in [2.75, 3.05) is 26.4 Å². The Bertz CT molecular complexity index is 1540. The molecule has 1 amide bonds. The summed E-state index contributed by atoms with van der Waals surface area (Å²) in [6.45, 7) is 1.62. The van der Waals surface area contributed by atoms with E-state index in [1.54, 1.807) is 6.08 Å². The van der Waals surface area contributed by atoms with E-state index in [0.29, 0.717) is 12.8 Å². The lowest BCUT2D eigenvalue weighted by atomic mass is 9.96. The molecule has 0 aliphatic carbocycles. The number of carbonyl (C=O) groups excluding carboxylic acids is 1. The second-order valence-corrected chi connectivity index (χ2v) is 21.1. The molecule has 444 valence electrons. The third-order valence-corrected chi connectivity index (χ3v) is 14.7. The van der Waals surface area contributed by atoms with Crippen LogP contribution in [0.2, 0.25) is 0 Å². The number of amides is 1. The predicted octanol–water partition coefficient (Wildman–Crippen LogP) is 4.54. The SMILES string of the molecule is CCCCCCCCCCCCCCCC/C=C/CC/C=C/CC/C=C/C(O)C(COC1OC(CO)C(OC2OC(CO)C(OC3OC(CO)C(O)C(O)C3O)C(O)C2O)C(O)C1O)NC(=O)CCCCCCCCC. The van der Waals surface area contributed by atoms with Crippen molar-refractivity contribution in [3.63, 3.8) is 0 Å². The molecule has 0 aromatic rings. The zero-order chi connectivity index (χ0) is 55.5. The molecular weight excluding hydrogens is 987 g/mol. The van der Waals surface area contributed by atoms with E-state index in [2.05, 4.69) is 43.5 Å². The highest BCUT2D eigenvalue weighted by molar-refractivity contribution is 5.76. The van der Waals surface area contributed by atoms with Crippen LogP contribution in [0.15, 0.2) is 36.5 Å². The first-order valence-corrected chi connectivity index (χ1v) is 29.2. The van der Waals surface area contributed by atoms with Crippen molar-refractivity contribution in [1.29, 1.82) is 0 Å². The number of aliphatic hydroxyl groups excluding tert-OH is 11. The van der Waals surface area contributed by atoms with Gasteiger partial charge in [-0.3, -0.25) is 4.79 Å². The first kappa shape index (κ1) is 68.3. The maximum atomic E-state index is 13.1. The van der Waals surface area contributed by atoms with Crippen molar-refractivity contribution in [1.82, 2.24) is 5.32 Å². The topological polar surface area (TPSA) is 307 Å². The largest absolute Gasteiger partial charge is 0.394 e. The van der Waals surface area contributed by atoms with E-state index in [4.69, 9.17) is 28.4 Å². The number of aliphatic hydroxyl groups is 11. The maximum Gasteiger partial charge on any atom is 0.220 e. The van der Waals surface area contributed by atoms with Gasteiger partial charge in [0.05, 0.1) is 38.6 Å². The third-order valence-electron chi connectivity index (χ3n) is 14.7. The fraction of sp³-hybridized carbons (Fsp3) is 0.877. The van der Waals surface area contributed by atoms with Crippen molar-refractivity contribution in [2.24, 2.45) is 0 Å². The fourth-order valence-corrected chi connectivity index (χ4v) is 9.81. The Kier molecular flexibility index (Phi) is 36.9. The van der Waals surface area contributed by atoms with E-state index >= 15 is 0 Å². The Labute approximate surface area is 453 Å². The summed E-state index contributed by atoms with van der Waals surface area (Å²) < 4.78 is 34.1. The minimum absolute atomic E-state index is 0.231. The van der Waals surface area contributed by atoms with Gasteiger partial charge < -0.3 is 89.9 Å². The molecule has 0 aromatic heterocycles. The van der Waals surface area contributed by atoms with Gasteiger partial charge in [0.1, 0.15) is 73.2 Å². The van der Waals surface area contributed by atoms with E-state index in [1.807, 2.05) is 6.08 Å². The van der Waals surface area contributed by atoms with Gasteiger partial charge in [-0.25, -0.2) is 0 Å². The lowest BCUT2D eigenvalue weighted by Gasteiger charge is -2.48. The molecule has 12 N–H and O–H groups in total. The minimum Gasteiger partial charge on any atom is -0.394 e. The molecule has 0 radical (unpaired) electrons. The molecule has 3 aliphatic rings. The van der Waals surface area contributed by atoms with Crippen LogP contribution in [0.25, 0.3) is 0 Å². The normalized spacial score (nSPS) is 31.2. The summed E-state index contributed by atoms with van der Waals surface area (Å²) in [5.41, 5.74) is 0.